The number of carbonyl (C=O) groups excluding carboxylic acids is 1. The van der Waals surface area contributed by atoms with Crippen molar-refractivity contribution >= 4 is 34.0 Å². The molecule has 1 amide bonds. The average molecular weight is 560 g/mol. The lowest BCUT2D eigenvalue weighted by Gasteiger charge is -2.30. The van der Waals surface area contributed by atoms with Gasteiger partial charge in [-0.05, 0) is 70.8 Å². The van der Waals surface area contributed by atoms with E-state index in [1.54, 1.807) is 24.5 Å². The fraction of sp³-hybridized carbons (Fsp3) is 0.480. The lowest BCUT2D eigenvalue weighted by Crippen LogP contribution is -2.44. The number of nitrogens with one attached hydrogen (secondary N) is 3. The predicted octanol–water partition coefficient (Wildman–Crippen LogP) is 2.67. The molecular weight excluding hydrogens is 526 g/mol. The molecule has 4 rings (SSSR count). The van der Waals surface area contributed by atoms with E-state index >= 15 is 0 Å². The van der Waals surface area contributed by atoms with Gasteiger partial charge < -0.3 is 15.4 Å². The Labute approximate surface area is 227 Å². The van der Waals surface area contributed by atoms with Gasteiger partial charge in [-0.25, -0.2) is 18.4 Å². The Kier molecular flexibility index (Phi) is 9.58. The summed E-state index contributed by atoms with van der Waals surface area (Å²) in [7, 11) is -3.44. The number of hydrogen-bond acceptors (Lipinski definition) is 10. The molecule has 1 unspecified atom stereocenters. The first-order valence-corrected chi connectivity index (χ1v) is 15.0. The van der Waals surface area contributed by atoms with E-state index in [0.717, 1.165) is 25.9 Å². The number of amides is 1. The monoisotopic (exact) mass is 559 g/mol. The van der Waals surface area contributed by atoms with Crippen LogP contribution in [0.3, 0.4) is 0 Å². The number of nitrogens with zero attached hydrogens (tertiary/aromatic N) is 4. The zero-order valence-corrected chi connectivity index (χ0v) is 22.9. The van der Waals surface area contributed by atoms with Crippen LogP contribution in [0.1, 0.15) is 48.8 Å². The molecule has 1 saturated carbocycles. The van der Waals surface area contributed by atoms with Crippen molar-refractivity contribution < 1.29 is 17.9 Å². The summed E-state index contributed by atoms with van der Waals surface area (Å²) in [5, 5.41) is 6.46. The summed E-state index contributed by atoms with van der Waals surface area (Å²) in [6, 6.07) is -0.205. The first-order chi connectivity index (χ1) is 18.4. The van der Waals surface area contributed by atoms with Gasteiger partial charge in [0.15, 0.2) is 5.01 Å². The Hall–Kier alpha value is -3.16. The van der Waals surface area contributed by atoms with E-state index in [4.69, 9.17) is 4.74 Å². The fourth-order valence-electron chi connectivity index (χ4n) is 4.18. The molecule has 3 heterocycles. The minimum Gasteiger partial charge on any atom is -0.477 e. The molecule has 2 aromatic heterocycles. The highest BCUT2D eigenvalue weighted by Gasteiger charge is 2.36. The quantitative estimate of drug-likeness (QED) is 0.251. The van der Waals surface area contributed by atoms with Crippen molar-refractivity contribution in [1.82, 2.24) is 30.3 Å². The van der Waals surface area contributed by atoms with Crippen molar-refractivity contribution in [3.63, 3.8) is 0 Å². The van der Waals surface area contributed by atoms with Crippen LogP contribution in [0.15, 0.2) is 47.6 Å². The molecule has 0 bridgehead atoms. The van der Waals surface area contributed by atoms with Gasteiger partial charge in [-0.15, -0.1) is 11.3 Å². The molecule has 2 aromatic rings. The Morgan fingerprint density at radius 2 is 2.08 bits per heavy atom. The van der Waals surface area contributed by atoms with Crippen molar-refractivity contribution in [2.45, 2.75) is 50.3 Å². The number of ether oxygens (including phenoxy) is 1. The molecule has 0 spiro atoms. The topological polar surface area (TPSA) is 148 Å². The molecule has 1 aliphatic carbocycles. The van der Waals surface area contributed by atoms with Gasteiger partial charge in [-0.3, -0.25) is 19.5 Å². The van der Waals surface area contributed by atoms with Crippen LogP contribution in [-0.4, -0.2) is 67.0 Å². The van der Waals surface area contributed by atoms with Crippen LogP contribution in [0.4, 0.5) is 0 Å². The maximum atomic E-state index is 13.2. The van der Waals surface area contributed by atoms with Gasteiger partial charge in [-0.2, -0.15) is 0 Å². The van der Waals surface area contributed by atoms with E-state index in [-0.39, 0.29) is 23.1 Å². The van der Waals surface area contributed by atoms with Gasteiger partial charge in [0.1, 0.15) is 5.69 Å². The molecule has 1 saturated heterocycles. The van der Waals surface area contributed by atoms with Crippen LogP contribution < -0.4 is 20.1 Å². The number of aliphatic imine (C=N–C) groups is 1. The molecule has 1 aliphatic heterocycles. The third-order valence-corrected chi connectivity index (χ3v) is 9.19. The Balaban J connectivity index is 1.50. The molecule has 3 N–H and O–H groups in total. The number of piperidine rings is 1. The Morgan fingerprint density at radius 3 is 2.79 bits per heavy atom. The summed E-state index contributed by atoms with van der Waals surface area (Å²) >= 11 is 1.23. The molecule has 1 atom stereocenters. The van der Waals surface area contributed by atoms with Crippen LogP contribution in [0.25, 0.3) is 10.6 Å². The van der Waals surface area contributed by atoms with Gasteiger partial charge in [0.05, 0.1) is 29.1 Å². The molecular formula is C25H33N7O4S2. The highest BCUT2D eigenvalue weighted by atomic mass is 32.2. The Morgan fingerprint density at radius 1 is 1.29 bits per heavy atom. The van der Waals surface area contributed by atoms with Crippen molar-refractivity contribution in [2.24, 2.45) is 10.9 Å². The summed E-state index contributed by atoms with van der Waals surface area (Å²) in [4.78, 5) is 30.6. The van der Waals surface area contributed by atoms with Crippen LogP contribution in [-0.2, 0) is 10.0 Å². The first-order valence-electron chi connectivity index (χ1n) is 12.7. The van der Waals surface area contributed by atoms with E-state index in [1.807, 2.05) is 6.92 Å². The van der Waals surface area contributed by atoms with Crippen LogP contribution in [0, 0.1) is 5.92 Å². The van der Waals surface area contributed by atoms with Crippen molar-refractivity contribution in [2.75, 3.05) is 19.7 Å². The van der Waals surface area contributed by atoms with E-state index < -0.39 is 10.0 Å². The Bertz CT molecular complexity index is 1280. The molecule has 13 heteroatoms. The third kappa shape index (κ3) is 7.68. The van der Waals surface area contributed by atoms with E-state index in [1.165, 1.54) is 23.7 Å². The normalized spacial score (nSPS) is 17.8. The number of carbonyl (C=O) groups is 1. The van der Waals surface area contributed by atoms with Gasteiger partial charge in [0, 0.05) is 24.1 Å². The molecule has 11 nitrogen and oxygen atoms in total. The summed E-state index contributed by atoms with van der Waals surface area (Å²) in [6.07, 6.45) is 13.2. The summed E-state index contributed by atoms with van der Waals surface area (Å²) < 4.78 is 33.1. The molecule has 0 radical (unpaired) electrons. The second-order valence-corrected chi connectivity index (χ2v) is 12.1. The maximum absolute atomic E-state index is 13.2. The molecule has 38 heavy (non-hydrogen) atoms. The second-order valence-electron chi connectivity index (χ2n) is 9.11. The number of hydrogen-bond donors (Lipinski definition) is 3. The highest BCUT2D eigenvalue weighted by Crippen LogP contribution is 2.29. The minimum atomic E-state index is -3.44. The number of sulfonamides is 1. The van der Waals surface area contributed by atoms with Crippen molar-refractivity contribution in [3.8, 4) is 16.5 Å². The largest absolute Gasteiger partial charge is 0.477 e. The number of rotatable bonds is 13. The van der Waals surface area contributed by atoms with Crippen LogP contribution in [0.5, 0.6) is 5.88 Å². The van der Waals surface area contributed by atoms with Gasteiger partial charge in [0.25, 0.3) is 5.91 Å². The zero-order valence-electron chi connectivity index (χ0n) is 21.3. The number of allylic oxidation sites excluding steroid dienone is 1. The van der Waals surface area contributed by atoms with Gasteiger partial charge in [-0.1, -0.05) is 6.08 Å². The molecule has 0 aromatic carbocycles. The first kappa shape index (κ1) is 27.9. The van der Waals surface area contributed by atoms with Crippen LogP contribution >= 0.6 is 11.3 Å². The lowest BCUT2D eigenvalue weighted by molar-refractivity contribution is 0.0915. The van der Waals surface area contributed by atoms with Crippen molar-refractivity contribution in [3.05, 3.63) is 47.6 Å². The highest BCUT2D eigenvalue weighted by molar-refractivity contribution is 7.90. The second kappa shape index (κ2) is 13.1. The summed E-state index contributed by atoms with van der Waals surface area (Å²) in [5.41, 5.74) is 1.00. The van der Waals surface area contributed by atoms with Gasteiger partial charge in [0.2, 0.25) is 15.9 Å². The van der Waals surface area contributed by atoms with Crippen molar-refractivity contribution in [1.29, 1.82) is 0 Å². The number of aromatic nitrogens is 3. The standard InChI is InChI=1S/C25H33N7O4S2/c1-3-36-23-16-28-14-21(30-23)22-15-29-25(37-22)24(33)31-20(17-8-12-27-13-9-17)7-4-18(10-11-26-2)32-38(34,35)19-5-6-19/h4,10-11,14-17,19-20,27,32H,2-3,5-9,12-13H2,1H3,(H,31,33)/b11-10-,18-4+. The summed E-state index contributed by atoms with van der Waals surface area (Å²) in [6.45, 7) is 7.50. The zero-order chi connectivity index (χ0) is 27.0. The number of thiazole rings is 1. The van der Waals surface area contributed by atoms with Crippen LogP contribution in [0.2, 0.25) is 0 Å². The molecule has 204 valence electrons. The van der Waals surface area contributed by atoms with E-state index in [9.17, 15) is 13.2 Å². The van der Waals surface area contributed by atoms with E-state index in [2.05, 4.69) is 42.0 Å². The molecule has 2 fully saturated rings. The maximum Gasteiger partial charge on any atom is 0.280 e. The fourth-order valence-corrected chi connectivity index (χ4v) is 6.36. The predicted molar refractivity (Wildman–Crippen MR) is 148 cm³/mol. The SMILES string of the molecule is C=N/C=C\C(=C/CC(NC(=O)c1ncc(-c2cncc(OCC)n2)s1)C1CCNCC1)NS(=O)(=O)C1CC1. The lowest BCUT2D eigenvalue weighted by atomic mass is 9.88. The third-order valence-electron chi connectivity index (χ3n) is 6.30. The molecule has 2 aliphatic rings. The van der Waals surface area contributed by atoms with Gasteiger partial charge >= 0.3 is 0 Å². The summed E-state index contributed by atoms with van der Waals surface area (Å²) in [5.74, 6) is 0.360. The smallest absolute Gasteiger partial charge is 0.280 e. The average Bonchev–Trinajstić information content (AvgIpc) is 3.68. The van der Waals surface area contributed by atoms with E-state index in [0.29, 0.717) is 53.0 Å². The minimum absolute atomic E-state index is 0.205.